The monoisotopic (exact) mass is 329 g/mol. The minimum atomic E-state index is -4.78. The van der Waals surface area contributed by atoms with Crippen LogP contribution in [0.1, 0.15) is 13.3 Å². The van der Waals surface area contributed by atoms with Crippen molar-refractivity contribution in [2.75, 3.05) is 13.2 Å². The van der Waals surface area contributed by atoms with E-state index in [1.54, 1.807) is 0 Å². The largest absolute Gasteiger partial charge is 0.463 e. The minimum absolute atomic E-state index is 0.0315. The fourth-order valence-electron chi connectivity index (χ4n) is 1.51. The van der Waals surface area contributed by atoms with Gasteiger partial charge in [-0.3, -0.25) is 4.79 Å². The molecule has 1 amide bonds. The number of hydrogen-bond acceptors (Lipinski definition) is 3. The average molecular weight is 330 g/mol. The van der Waals surface area contributed by atoms with Gasteiger partial charge in [-0.2, -0.15) is 13.2 Å². The van der Waals surface area contributed by atoms with Crippen LogP contribution in [0.25, 0.3) is 0 Å². The zero-order valence-electron chi connectivity index (χ0n) is 9.46. The first kappa shape index (κ1) is 15.0. The second kappa shape index (κ2) is 5.73. The minimum Gasteiger partial charge on any atom is -0.463 e. The Kier molecular flexibility index (Phi) is 4.78. The number of carbonyl (C=O) groups excluding carboxylic acids is 2. The first-order valence-corrected chi connectivity index (χ1v) is 6.07. The van der Waals surface area contributed by atoms with Crippen molar-refractivity contribution in [2.24, 2.45) is 0 Å². The third kappa shape index (κ3) is 3.72. The molecule has 0 N–H and O–H groups in total. The van der Waals surface area contributed by atoms with E-state index < -0.39 is 23.7 Å². The molecular formula is C10H11BrF3NO3. The van der Waals surface area contributed by atoms with Gasteiger partial charge < -0.3 is 9.64 Å². The number of nitrogens with zero attached hydrogens (tertiary/aromatic N) is 1. The van der Waals surface area contributed by atoms with E-state index >= 15 is 0 Å². The quantitative estimate of drug-likeness (QED) is 0.452. The molecule has 4 nitrogen and oxygen atoms in total. The van der Waals surface area contributed by atoms with Crippen LogP contribution in [-0.2, 0) is 14.3 Å². The molecule has 1 saturated heterocycles. The lowest BCUT2D eigenvalue weighted by atomic mass is 10.3. The summed E-state index contributed by atoms with van der Waals surface area (Å²) in [6.45, 7) is 1.33. The maximum absolute atomic E-state index is 12.8. The molecule has 0 aromatic rings. The zero-order chi connectivity index (χ0) is 13.9. The number of carbonyl (C=O) groups is 2. The molecule has 0 saturated carbocycles. The Morgan fingerprint density at radius 2 is 2.22 bits per heavy atom. The van der Waals surface area contributed by atoms with E-state index in [0.717, 1.165) is 0 Å². The van der Waals surface area contributed by atoms with Crippen LogP contribution in [0.2, 0.25) is 0 Å². The van der Waals surface area contributed by atoms with Crippen LogP contribution >= 0.6 is 15.9 Å². The molecule has 1 heterocycles. The van der Waals surface area contributed by atoms with Crippen LogP contribution in [-0.4, -0.2) is 40.9 Å². The molecule has 1 unspecified atom stereocenters. The highest BCUT2D eigenvalue weighted by molar-refractivity contribution is 9.09. The highest BCUT2D eigenvalue weighted by Crippen LogP contribution is 2.33. The van der Waals surface area contributed by atoms with Gasteiger partial charge >= 0.3 is 12.1 Å². The molecule has 0 aromatic carbocycles. The lowest BCUT2D eigenvalue weighted by Gasteiger charge is -2.21. The van der Waals surface area contributed by atoms with Gasteiger partial charge in [0.05, 0.1) is 12.7 Å². The first-order valence-electron chi connectivity index (χ1n) is 5.15. The Labute approximate surface area is 110 Å². The van der Waals surface area contributed by atoms with Gasteiger partial charge in [0.15, 0.2) is 0 Å². The molecule has 18 heavy (non-hydrogen) atoms. The normalized spacial score (nSPS) is 21.4. The summed E-state index contributed by atoms with van der Waals surface area (Å²) in [5.74, 6) is -1.79. The van der Waals surface area contributed by atoms with Gasteiger partial charge in [-0.15, -0.1) is 0 Å². The highest BCUT2D eigenvalue weighted by Gasteiger charge is 2.44. The van der Waals surface area contributed by atoms with Crippen molar-refractivity contribution < 1.29 is 27.5 Å². The fourth-order valence-corrected chi connectivity index (χ4v) is 2.07. The molecule has 0 spiro atoms. The number of hydrogen-bond donors (Lipinski definition) is 0. The number of alkyl halides is 4. The molecule has 0 aromatic heterocycles. The summed E-state index contributed by atoms with van der Waals surface area (Å²) >= 11 is 3.08. The lowest BCUT2D eigenvalue weighted by Crippen LogP contribution is -2.34. The van der Waals surface area contributed by atoms with Gasteiger partial charge in [-0.05, 0) is 6.92 Å². The number of likely N-dealkylation sites (tertiary alicyclic amines) is 1. The van der Waals surface area contributed by atoms with Crippen molar-refractivity contribution in [3.8, 4) is 0 Å². The van der Waals surface area contributed by atoms with Crippen molar-refractivity contribution in [2.45, 2.75) is 24.3 Å². The van der Waals surface area contributed by atoms with Crippen LogP contribution in [0.5, 0.6) is 0 Å². The highest BCUT2D eigenvalue weighted by atomic mass is 79.9. The number of ether oxygens (including phenoxy) is 1. The van der Waals surface area contributed by atoms with E-state index in [2.05, 4.69) is 20.7 Å². The van der Waals surface area contributed by atoms with Crippen molar-refractivity contribution >= 4 is 27.8 Å². The Bertz CT molecular complexity index is 381. The summed E-state index contributed by atoms with van der Waals surface area (Å²) in [6.07, 6.45) is -4.50. The summed E-state index contributed by atoms with van der Waals surface area (Å²) < 4.78 is 42.8. The van der Waals surface area contributed by atoms with E-state index in [9.17, 15) is 22.8 Å². The van der Waals surface area contributed by atoms with E-state index in [-0.39, 0.29) is 24.4 Å². The number of allylic oxidation sites excluding steroid dienone is 1. The van der Waals surface area contributed by atoms with Crippen molar-refractivity contribution in [1.29, 1.82) is 0 Å². The van der Waals surface area contributed by atoms with Crippen molar-refractivity contribution in [1.82, 2.24) is 4.90 Å². The maximum atomic E-state index is 12.8. The SMILES string of the molecule is CCOC(=O)C=C(N1CC(Br)CC1=O)C(F)(F)F. The zero-order valence-corrected chi connectivity index (χ0v) is 11.0. The summed E-state index contributed by atoms with van der Waals surface area (Å²) in [6, 6.07) is 0. The third-order valence-electron chi connectivity index (χ3n) is 2.20. The first-order chi connectivity index (χ1) is 8.25. The Morgan fingerprint density at radius 1 is 1.61 bits per heavy atom. The number of amides is 1. The van der Waals surface area contributed by atoms with Gasteiger partial charge in [-0.25, -0.2) is 4.79 Å². The van der Waals surface area contributed by atoms with E-state index in [1.807, 2.05) is 0 Å². The standard InChI is InChI=1S/C10H11BrF3NO3/c1-2-18-9(17)4-7(10(12,13)14)15-5-6(11)3-8(15)16/h4,6H,2-3,5H2,1H3. The van der Waals surface area contributed by atoms with Crippen LogP contribution in [0.4, 0.5) is 13.2 Å². The predicted octanol–water partition coefficient (Wildman–Crippen LogP) is 1.99. The Balaban J connectivity index is 3.00. The molecule has 1 fully saturated rings. The molecule has 102 valence electrons. The van der Waals surface area contributed by atoms with Crippen molar-refractivity contribution in [3.63, 3.8) is 0 Å². The second-order valence-electron chi connectivity index (χ2n) is 3.59. The third-order valence-corrected chi connectivity index (χ3v) is 2.81. The molecule has 1 atom stereocenters. The lowest BCUT2D eigenvalue weighted by molar-refractivity contribution is -0.142. The second-order valence-corrected chi connectivity index (χ2v) is 4.88. The fraction of sp³-hybridized carbons (Fsp3) is 0.600. The van der Waals surface area contributed by atoms with Crippen LogP contribution in [0, 0.1) is 0 Å². The smallest absolute Gasteiger partial charge is 0.431 e. The Hall–Kier alpha value is -1.05. The molecule has 8 heteroatoms. The summed E-state index contributed by atoms with van der Waals surface area (Å²) in [5, 5.41) is 0. The van der Waals surface area contributed by atoms with E-state index in [4.69, 9.17) is 0 Å². The molecule has 1 rings (SSSR count). The summed E-state index contributed by atoms with van der Waals surface area (Å²) in [5.41, 5.74) is -1.28. The van der Waals surface area contributed by atoms with Gasteiger partial charge in [0.2, 0.25) is 5.91 Å². The Morgan fingerprint density at radius 3 is 2.61 bits per heavy atom. The molecule has 0 radical (unpaired) electrons. The molecular weight excluding hydrogens is 319 g/mol. The number of esters is 1. The molecule has 0 aliphatic carbocycles. The van der Waals surface area contributed by atoms with Gasteiger partial charge in [0, 0.05) is 17.8 Å². The maximum Gasteiger partial charge on any atom is 0.431 e. The van der Waals surface area contributed by atoms with Crippen LogP contribution in [0.3, 0.4) is 0 Å². The molecule has 1 aliphatic heterocycles. The summed E-state index contributed by atoms with van der Waals surface area (Å²) in [7, 11) is 0. The number of rotatable bonds is 3. The predicted molar refractivity (Wildman–Crippen MR) is 59.8 cm³/mol. The van der Waals surface area contributed by atoms with Gasteiger partial charge in [0.25, 0.3) is 0 Å². The van der Waals surface area contributed by atoms with Gasteiger partial charge in [-0.1, -0.05) is 15.9 Å². The van der Waals surface area contributed by atoms with Crippen LogP contribution < -0.4 is 0 Å². The molecule has 1 aliphatic rings. The number of halogens is 4. The van der Waals surface area contributed by atoms with E-state index in [1.165, 1.54) is 6.92 Å². The van der Waals surface area contributed by atoms with E-state index in [0.29, 0.717) is 11.0 Å². The van der Waals surface area contributed by atoms with Gasteiger partial charge in [0.1, 0.15) is 5.70 Å². The van der Waals surface area contributed by atoms with Crippen LogP contribution in [0.15, 0.2) is 11.8 Å². The topological polar surface area (TPSA) is 46.6 Å². The summed E-state index contributed by atoms with van der Waals surface area (Å²) in [4.78, 5) is 22.7. The average Bonchev–Trinajstić information content (AvgIpc) is 2.53. The van der Waals surface area contributed by atoms with Crippen molar-refractivity contribution in [3.05, 3.63) is 11.8 Å². The molecule has 0 bridgehead atoms.